The Morgan fingerprint density at radius 2 is 1.94 bits per heavy atom. The Balaban J connectivity index is 1.84. The third kappa shape index (κ3) is 1.57. The molecule has 2 heterocycles. The number of piperidine rings is 1. The molecule has 1 aliphatic carbocycles. The number of hydrogen-bond acceptors (Lipinski definition) is 2. The van der Waals surface area contributed by atoms with Gasteiger partial charge in [0, 0.05) is 12.1 Å². The van der Waals surface area contributed by atoms with E-state index < -0.39 is 0 Å². The fraction of sp³-hybridized carbons (Fsp3) is 0.846. The molecule has 2 saturated heterocycles. The van der Waals surface area contributed by atoms with Crippen LogP contribution in [0, 0.1) is 0 Å². The molecule has 0 radical (unpaired) electrons. The highest BCUT2D eigenvalue weighted by atomic mass is 16.2. The van der Waals surface area contributed by atoms with E-state index in [-0.39, 0.29) is 23.4 Å². The molecular weight excluding hydrogens is 216 g/mol. The van der Waals surface area contributed by atoms with Crippen molar-refractivity contribution in [1.29, 1.82) is 0 Å². The largest absolute Gasteiger partial charge is 0.329 e. The van der Waals surface area contributed by atoms with E-state index in [0.717, 1.165) is 38.6 Å². The van der Waals surface area contributed by atoms with Crippen LogP contribution in [0.5, 0.6) is 0 Å². The number of carbonyl (C=O) groups is 2. The Morgan fingerprint density at radius 3 is 2.59 bits per heavy atom. The molecule has 2 amide bonds. The lowest BCUT2D eigenvalue weighted by atomic mass is 9.76. The van der Waals surface area contributed by atoms with Gasteiger partial charge in [-0.1, -0.05) is 0 Å². The number of nitrogens with zero attached hydrogens (tertiary/aromatic N) is 2. The summed E-state index contributed by atoms with van der Waals surface area (Å²) in [6.07, 6.45) is 6.27. The Bertz CT molecular complexity index is 362. The molecule has 17 heavy (non-hydrogen) atoms. The number of rotatable bonds is 1. The van der Waals surface area contributed by atoms with Gasteiger partial charge in [0.25, 0.3) is 0 Å². The monoisotopic (exact) mass is 236 g/mol. The van der Waals surface area contributed by atoms with Crippen molar-refractivity contribution in [1.82, 2.24) is 9.80 Å². The molecule has 1 saturated carbocycles. The highest BCUT2D eigenvalue weighted by molar-refractivity contribution is 5.95. The lowest BCUT2D eigenvalue weighted by molar-refractivity contribution is -0.166. The van der Waals surface area contributed by atoms with Crippen molar-refractivity contribution in [2.45, 2.75) is 57.0 Å². The number of piperazine rings is 1. The van der Waals surface area contributed by atoms with Gasteiger partial charge in [-0.05, 0) is 45.4 Å². The summed E-state index contributed by atoms with van der Waals surface area (Å²) in [4.78, 5) is 28.3. The smallest absolute Gasteiger partial charge is 0.246 e. The van der Waals surface area contributed by atoms with Crippen LogP contribution in [0.2, 0.25) is 0 Å². The molecule has 94 valence electrons. The number of fused-ring (bicyclic) bond motifs is 1. The van der Waals surface area contributed by atoms with Crippen molar-refractivity contribution >= 4 is 11.8 Å². The summed E-state index contributed by atoms with van der Waals surface area (Å²) < 4.78 is 0. The van der Waals surface area contributed by atoms with Crippen molar-refractivity contribution < 1.29 is 9.59 Å². The first-order valence-corrected chi connectivity index (χ1v) is 6.73. The Hall–Kier alpha value is -1.06. The van der Waals surface area contributed by atoms with Gasteiger partial charge in [0.15, 0.2) is 0 Å². The predicted molar refractivity (Wildman–Crippen MR) is 63.3 cm³/mol. The molecule has 0 bridgehead atoms. The maximum atomic E-state index is 12.5. The predicted octanol–water partition coefficient (Wildman–Crippen LogP) is 1.15. The highest BCUT2D eigenvalue weighted by Gasteiger charge is 2.48. The van der Waals surface area contributed by atoms with E-state index in [4.69, 9.17) is 0 Å². The second-order valence-corrected chi connectivity index (χ2v) is 5.87. The number of carbonyl (C=O) groups excluding carboxylic acids is 2. The molecule has 0 aromatic rings. The van der Waals surface area contributed by atoms with Crippen molar-refractivity contribution in [3.05, 3.63) is 0 Å². The Kier molecular flexibility index (Phi) is 2.42. The SMILES string of the molecule is CC1(N2CC(=O)N3CCCCC3C2=O)CCC1. The minimum atomic E-state index is -0.151. The van der Waals surface area contributed by atoms with E-state index in [1.165, 1.54) is 6.42 Å². The summed E-state index contributed by atoms with van der Waals surface area (Å²) in [6.45, 7) is 3.21. The fourth-order valence-corrected chi connectivity index (χ4v) is 3.39. The van der Waals surface area contributed by atoms with Crippen LogP contribution in [0.4, 0.5) is 0 Å². The second-order valence-electron chi connectivity index (χ2n) is 5.87. The van der Waals surface area contributed by atoms with E-state index in [2.05, 4.69) is 6.92 Å². The molecule has 0 aromatic carbocycles. The van der Waals surface area contributed by atoms with E-state index >= 15 is 0 Å². The van der Waals surface area contributed by atoms with Gasteiger partial charge in [0.1, 0.15) is 12.6 Å². The first kappa shape index (κ1) is 11.1. The zero-order valence-electron chi connectivity index (χ0n) is 10.4. The lowest BCUT2D eigenvalue weighted by Gasteiger charge is -2.53. The van der Waals surface area contributed by atoms with E-state index in [1.807, 2.05) is 9.80 Å². The summed E-state index contributed by atoms with van der Waals surface area (Å²) >= 11 is 0. The third-order valence-electron chi connectivity index (χ3n) is 4.75. The van der Waals surface area contributed by atoms with E-state index in [1.54, 1.807) is 0 Å². The first-order chi connectivity index (χ1) is 8.12. The van der Waals surface area contributed by atoms with Crippen LogP contribution in [0.1, 0.15) is 45.4 Å². The number of amides is 2. The molecule has 0 N–H and O–H groups in total. The van der Waals surface area contributed by atoms with E-state index in [0.29, 0.717) is 6.54 Å². The Labute approximate surface area is 102 Å². The molecule has 3 fully saturated rings. The molecule has 0 spiro atoms. The summed E-state index contributed by atoms with van der Waals surface area (Å²) in [7, 11) is 0. The van der Waals surface area contributed by atoms with Crippen LogP contribution >= 0.6 is 0 Å². The van der Waals surface area contributed by atoms with Gasteiger partial charge >= 0.3 is 0 Å². The molecule has 1 unspecified atom stereocenters. The molecule has 4 nitrogen and oxygen atoms in total. The third-order valence-corrected chi connectivity index (χ3v) is 4.75. The Morgan fingerprint density at radius 1 is 1.18 bits per heavy atom. The molecule has 1 atom stereocenters. The molecular formula is C13H20N2O2. The number of hydrogen-bond donors (Lipinski definition) is 0. The quantitative estimate of drug-likeness (QED) is 0.685. The maximum Gasteiger partial charge on any atom is 0.246 e. The molecule has 0 aromatic heterocycles. The van der Waals surface area contributed by atoms with Gasteiger partial charge in [0.2, 0.25) is 11.8 Å². The average molecular weight is 236 g/mol. The van der Waals surface area contributed by atoms with Crippen LogP contribution in [-0.2, 0) is 9.59 Å². The summed E-state index contributed by atoms with van der Waals surface area (Å²) in [5, 5.41) is 0. The van der Waals surface area contributed by atoms with Crippen LogP contribution < -0.4 is 0 Å². The minimum Gasteiger partial charge on any atom is -0.329 e. The summed E-state index contributed by atoms with van der Waals surface area (Å²) in [6, 6.07) is -0.151. The van der Waals surface area contributed by atoms with E-state index in [9.17, 15) is 9.59 Å². The molecule has 2 aliphatic heterocycles. The first-order valence-electron chi connectivity index (χ1n) is 6.73. The van der Waals surface area contributed by atoms with Gasteiger partial charge in [-0.15, -0.1) is 0 Å². The van der Waals surface area contributed by atoms with Crippen molar-refractivity contribution in [3.8, 4) is 0 Å². The summed E-state index contributed by atoms with van der Waals surface area (Å²) in [5.41, 5.74) is -0.0315. The molecule has 4 heteroatoms. The van der Waals surface area contributed by atoms with Crippen LogP contribution in [0.3, 0.4) is 0 Å². The normalized spacial score (nSPS) is 32.2. The van der Waals surface area contributed by atoms with Gasteiger partial charge < -0.3 is 9.80 Å². The van der Waals surface area contributed by atoms with Gasteiger partial charge in [0.05, 0.1) is 0 Å². The van der Waals surface area contributed by atoms with Crippen LogP contribution in [0.25, 0.3) is 0 Å². The average Bonchev–Trinajstić information content (AvgIpc) is 2.31. The van der Waals surface area contributed by atoms with Crippen molar-refractivity contribution in [2.75, 3.05) is 13.1 Å². The topological polar surface area (TPSA) is 40.6 Å². The van der Waals surface area contributed by atoms with Crippen LogP contribution in [-0.4, -0.2) is 46.3 Å². The van der Waals surface area contributed by atoms with Crippen molar-refractivity contribution in [2.24, 2.45) is 0 Å². The van der Waals surface area contributed by atoms with Gasteiger partial charge in [-0.2, -0.15) is 0 Å². The van der Waals surface area contributed by atoms with Crippen molar-refractivity contribution in [3.63, 3.8) is 0 Å². The molecule has 3 rings (SSSR count). The van der Waals surface area contributed by atoms with Gasteiger partial charge in [-0.3, -0.25) is 9.59 Å². The second kappa shape index (κ2) is 3.72. The highest BCUT2D eigenvalue weighted by Crippen LogP contribution is 2.39. The minimum absolute atomic E-state index is 0.0315. The standard InChI is InChI=1S/C13H20N2O2/c1-13(6-4-7-13)15-9-11(16)14-8-3-2-5-10(14)12(15)17/h10H,2-9H2,1H3. The zero-order chi connectivity index (χ0) is 12.0. The van der Waals surface area contributed by atoms with Crippen LogP contribution in [0.15, 0.2) is 0 Å². The summed E-state index contributed by atoms with van der Waals surface area (Å²) in [5.74, 6) is 0.355. The zero-order valence-corrected chi connectivity index (χ0v) is 10.4. The lowest BCUT2D eigenvalue weighted by Crippen LogP contribution is -2.67. The fourth-order valence-electron chi connectivity index (χ4n) is 3.39. The molecule has 3 aliphatic rings. The van der Waals surface area contributed by atoms with Gasteiger partial charge in [-0.25, -0.2) is 0 Å². The maximum absolute atomic E-state index is 12.5.